The Bertz CT molecular complexity index is 583. The van der Waals surface area contributed by atoms with Gasteiger partial charge >= 0.3 is 5.97 Å². The molecule has 112 valence electrons. The Morgan fingerprint density at radius 3 is 3.00 bits per heavy atom. The van der Waals surface area contributed by atoms with Crippen molar-refractivity contribution in [2.75, 3.05) is 33.3 Å². The Morgan fingerprint density at radius 1 is 1.65 bits per heavy atom. The van der Waals surface area contributed by atoms with Crippen LogP contribution < -0.4 is 4.72 Å². The molecule has 0 bridgehead atoms. The third-order valence-electron chi connectivity index (χ3n) is 2.93. The first kappa shape index (κ1) is 15.4. The molecule has 1 aliphatic rings. The second kappa shape index (κ2) is 6.19. The third-order valence-corrected chi connectivity index (χ3v) is 5.79. The van der Waals surface area contributed by atoms with Gasteiger partial charge in [0.05, 0.1) is 18.3 Å². The summed E-state index contributed by atoms with van der Waals surface area (Å²) in [5.41, 5.74) is -0.0241. The van der Waals surface area contributed by atoms with Crippen LogP contribution in [0.5, 0.6) is 0 Å². The predicted molar refractivity (Wildman–Crippen MR) is 73.7 cm³/mol. The highest BCUT2D eigenvalue weighted by Crippen LogP contribution is 2.20. The largest absolute Gasteiger partial charge is 0.478 e. The van der Waals surface area contributed by atoms with Crippen molar-refractivity contribution in [1.82, 2.24) is 9.62 Å². The van der Waals surface area contributed by atoms with Crippen molar-refractivity contribution in [3.8, 4) is 0 Å². The van der Waals surface area contributed by atoms with E-state index in [2.05, 4.69) is 9.62 Å². The number of carboxylic acid groups (broad SMARTS) is 1. The van der Waals surface area contributed by atoms with Crippen LogP contribution in [0.1, 0.15) is 10.4 Å². The Balaban J connectivity index is 1.98. The van der Waals surface area contributed by atoms with E-state index in [9.17, 15) is 13.2 Å². The average Bonchev–Trinajstić information content (AvgIpc) is 2.87. The lowest BCUT2D eigenvalue weighted by Gasteiger charge is -2.29. The molecule has 0 aliphatic carbocycles. The number of nitrogens with one attached hydrogen (secondary N) is 1. The van der Waals surface area contributed by atoms with Crippen molar-refractivity contribution in [1.29, 1.82) is 0 Å². The number of hydrogen-bond donors (Lipinski definition) is 2. The van der Waals surface area contributed by atoms with E-state index in [0.29, 0.717) is 13.2 Å². The number of sulfonamides is 1. The molecule has 0 amide bonds. The zero-order valence-electron chi connectivity index (χ0n) is 10.9. The molecule has 20 heavy (non-hydrogen) atoms. The van der Waals surface area contributed by atoms with Crippen LogP contribution in [0, 0.1) is 0 Å². The van der Waals surface area contributed by atoms with Gasteiger partial charge in [0.25, 0.3) is 0 Å². The average molecular weight is 320 g/mol. The van der Waals surface area contributed by atoms with E-state index < -0.39 is 16.0 Å². The number of carbonyl (C=O) groups is 1. The van der Waals surface area contributed by atoms with Gasteiger partial charge in [0.15, 0.2) is 0 Å². The van der Waals surface area contributed by atoms with Gasteiger partial charge in [0.2, 0.25) is 10.0 Å². The molecule has 1 unspecified atom stereocenters. The van der Waals surface area contributed by atoms with E-state index >= 15 is 0 Å². The Hall–Kier alpha value is -1.00. The molecule has 1 saturated heterocycles. The number of rotatable bonds is 5. The van der Waals surface area contributed by atoms with Gasteiger partial charge in [-0.3, -0.25) is 0 Å². The highest BCUT2D eigenvalue weighted by atomic mass is 32.2. The predicted octanol–water partition coefficient (Wildman–Crippen LogP) is 0.0552. The first-order valence-electron chi connectivity index (χ1n) is 6.00. The number of aromatic carboxylic acids is 1. The van der Waals surface area contributed by atoms with E-state index in [1.165, 1.54) is 5.38 Å². The van der Waals surface area contributed by atoms with Crippen LogP contribution in [0.3, 0.4) is 0 Å². The Kier molecular flexibility index (Phi) is 4.76. The standard InChI is InChI=1S/C11H16N2O5S2/c1-13-2-3-18-9(6-13)5-12-20(16,17)10-4-8(7-19-10)11(14)15/h4,7,9,12H,2-3,5-6H2,1H3,(H,14,15). The van der Waals surface area contributed by atoms with Gasteiger partial charge in [-0.05, 0) is 13.1 Å². The fourth-order valence-electron chi connectivity index (χ4n) is 1.83. The van der Waals surface area contributed by atoms with Crippen LogP contribution >= 0.6 is 11.3 Å². The van der Waals surface area contributed by atoms with Gasteiger partial charge in [-0.15, -0.1) is 11.3 Å². The van der Waals surface area contributed by atoms with Crippen molar-refractivity contribution < 1.29 is 23.1 Å². The second-order valence-corrected chi connectivity index (χ2v) is 7.47. The lowest BCUT2D eigenvalue weighted by Crippen LogP contribution is -2.45. The quantitative estimate of drug-likeness (QED) is 0.796. The zero-order chi connectivity index (χ0) is 14.8. The van der Waals surface area contributed by atoms with Gasteiger partial charge in [-0.25, -0.2) is 17.9 Å². The van der Waals surface area contributed by atoms with Gasteiger partial charge in [0.1, 0.15) is 4.21 Å². The summed E-state index contributed by atoms with van der Waals surface area (Å²) >= 11 is 0.889. The molecule has 2 N–H and O–H groups in total. The zero-order valence-corrected chi connectivity index (χ0v) is 12.5. The molecule has 2 heterocycles. The van der Waals surface area contributed by atoms with Crippen LogP contribution in [-0.2, 0) is 14.8 Å². The maximum atomic E-state index is 12.0. The van der Waals surface area contributed by atoms with E-state index in [-0.39, 0.29) is 22.4 Å². The van der Waals surface area contributed by atoms with E-state index in [0.717, 1.165) is 23.9 Å². The number of thiophene rings is 1. The lowest BCUT2D eigenvalue weighted by atomic mass is 10.3. The number of ether oxygens (including phenoxy) is 1. The van der Waals surface area contributed by atoms with Crippen molar-refractivity contribution in [2.45, 2.75) is 10.3 Å². The van der Waals surface area contributed by atoms with Crippen molar-refractivity contribution in [3.05, 3.63) is 17.0 Å². The molecule has 0 spiro atoms. The van der Waals surface area contributed by atoms with Crippen LogP contribution in [0.15, 0.2) is 15.7 Å². The minimum absolute atomic E-state index is 0.000867. The van der Waals surface area contributed by atoms with Gasteiger partial charge in [0, 0.05) is 25.0 Å². The number of nitrogens with zero attached hydrogens (tertiary/aromatic N) is 1. The number of hydrogen-bond acceptors (Lipinski definition) is 6. The molecule has 7 nitrogen and oxygen atoms in total. The summed E-state index contributed by atoms with van der Waals surface area (Å²) in [5.74, 6) is -1.14. The van der Waals surface area contributed by atoms with Gasteiger partial charge in [-0.1, -0.05) is 0 Å². The maximum Gasteiger partial charge on any atom is 0.336 e. The Morgan fingerprint density at radius 2 is 2.40 bits per heavy atom. The first-order valence-corrected chi connectivity index (χ1v) is 8.36. The molecular formula is C11H16N2O5S2. The summed E-state index contributed by atoms with van der Waals surface area (Å²) in [4.78, 5) is 12.8. The van der Waals surface area contributed by atoms with Gasteiger partial charge in [-0.2, -0.15) is 0 Å². The molecule has 2 rings (SSSR count). The summed E-state index contributed by atoms with van der Waals surface area (Å²) in [6.45, 7) is 2.24. The van der Waals surface area contributed by atoms with Crippen LogP contribution in [0.2, 0.25) is 0 Å². The minimum atomic E-state index is -3.68. The van der Waals surface area contributed by atoms with Crippen LogP contribution in [0.25, 0.3) is 0 Å². The van der Waals surface area contributed by atoms with Crippen molar-refractivity contribution >= 4 is 27.3 Å². The fourth-order valence-corrected chi connectivity index (χ4v) is 4.10. The maximum absolute atomic E-state index is 12.0. The fraction of sp³-hybridized carbons (Fsp3) is 0.545. The topological polar surface area (TPSA) is 95.9 Å². The van der Waals surface area contributed by atoms with Crippen LogP contribution in [0.4, 0.5) is 0 Å². The molecule has 1 aromatic rings. The molecule has 9 heteroatoms. The minimum Gasteiger partial charge on any atom is -0.478 e. The smallest absolute Gasteiger partial charge is 0.336 e. The third kappa shape index (κ3) is 3.76. The van der Waals surface area contributed by atoms with Crippen molar-refractivity contribution in [2.24, 2.45) is 0 Å². The SMILES string of the molecule is CN1CCOC(CNS(=O)(=O)c2cc(C(=O)O)cs2)C1. The molecule has 0 saturated carbocycles. The number of morpholine rings is 1. The normalized spacial score (nSPS) is 20.9. The first-order chi connectivity index (χ1) is 9.38. The molecule has 1 atom stereocenters. The van der Waals surface area contributed by atoms with Crippen LogP contribution in [-0.4, -0.2) is 63.8 Å². The Labute approximate surface area is 121 Å². The molecule has 1 fully saturated rings. The highest BCUT2D eigenvalue weighted by molar-refractivity contribution is 7.91. The summed E-state index contributed by atoms with van der Waals surface area (Å²) < 4.78 is 32.0. The summed E-state index contributed by atoms with van der Waals surface area (Å²) in [5, 5.41) is 10.1. The number of likely N-dealkylation sites (N-methyl/N-ethyl adjacent to an activating group) is 1. The van der Waals surface area contributed by atoms with Gasteiger partial charge < -0.3 is 14.7 Å². The van der Waals surface area contributed by atoms with E-state index in [1.54, 1.807) is 0 Å². The van der Waals surface area contributed by atoms with E-state index in [4.69, 9.17) is 9.84 Å². The monoisotopic (exact) mass is 320 g/mol. The number of carboxylic acids is 1. The van der Waals surface area contributed by atoms with E-state index in [1.807, 2.05) is 7.05 Å². The lowest BCUT2D eigenvalue weighted by molar-refractivity contribution is -0.0156. The summed E-state index contributed by atoms with van der Waals surface area (Å²) in [6.07, 6.45) is -0.192. The second-order valence-electron chi connectivity index (χ2n) is 4.57. The molecule has 1 aliphatic heterocycles. The van der Waals surface area contributed by atoms with Crippen molar-refractivity contribution in [3.63, 3.8) is 0 Å². The molecular weight excluding hydrogens is 304 g/mol. The summed E-state index contributed by atoms with van der Waals surface area (Å²) in [6, 6.07) is 1.16. The molecule has 0 aromatic carbocycles. The highest BCUT2D eigenvalue weighted by Gasteiger charge is 2.23. The molecule has 0 radical (unpaired) electrons. The summed E-state index contributed by atoms with van der Waals surface area (Å²) in [7, 11) is -1.74. The molecule has 1 aromatic heterocycles.